The van der Waals surface area contributed by atoms with Gasteiger partial charge in [-0.3, -0.25) is 4.79 Å². The van der Waals surface area contributed by atoms with Crippen LogP contribution in [0.5, 0.6) is 0 Å². The van der Waals surface area contributed by atoms with E-state index in [-0.39, 0.29) is 11.8 Å². The number of amides is 1. The Balaban J connectivity index is 2.18. The lowest BCUT2D eigenvalue weighted by molar-refractivity contribution is -0.119. The molecule has 2 aromatic rings. The molecule has 0 fully saturated rings. The number of fused-ring (bicyclic) bond motifs is 3. The summed E-state index contributed by atoms with van der Waals surface area (Å²) < 4.78 is 0. The molecule has 1 aromatic heterocycles. The molecule has 0 spiro atoms. The van der Waals surface area contributed by atoms with E-state index in [1.807, 2.05) is 31.2 Å². The lowest BCUT2D eigenvalue weighted by atomic mass is 10.1. The van der Waals surface area contributed by atoms with Crippen molar-refractivity contribution in [2.75, 3.05) is 5.32 Å². The smallest absolute Gasteiger partial charge is 0.227 e. The van der Waals surface area contributed by atoms with Crippen LogP contribution in [-0.4, -0.2) is 10.9 Å². The average molecular weight is 214 g/mol. The Morgan fingerprint density at radius 2 is 2.12 bits per heavy atom. The predicted octanol–water partition coefficient (Wildman–Crippen LogP) is 2.69. The first-order chi connectivity index (χ1) is 7.75. The van der Waals surface area contributed by atoms with Crippen molar-refractivity contribution in [1.82, 2.24) is 4.98 Å². The van der Waals surface area contributed by atoms with E-state index in [9.17, 15) is 4.79 Å². The highest BCUT2D eigenvalue weighted by Gasteiger charge is 2.22. The number of para-hydroxylation sites is 1. The van der Waals surface area contributed by atoms with Gasteiger partial charge in [-0.1, -0.05) is 25.1 Å². The topological polar surface area (TPSA) is 44.9 Å². The van der Waals surface area contributed by atoms with Crippen LogP contribution in [0.4, 0.5) is 5.69 Å². The van der Waals surface area contributed by atoms with Crippen LogP contribution in [0.2, 0.25) is 0 Å². The molecule has 3 nitrogen and oxygen atoms in total. The minimum Gasteiger partial charge on any atom is -0.357 e. The van der Waals surface area contributed by atoms with Gasteiger partial charge in [-0.25, -0.2) is 0 Å². The van der Waals surface area contributed by atoms with E-state index in [1.165, 1.54) is 0 Å². The number of carbonyl (C=O) groups excluding carboxylic acids is 1. The van der Waals surface area contributed by atoms with Crippen LogP contribution >= 0.6 is 0 Å². The molecule has 2 heterocycles. The fraction of sp³-hybridized carbons (Fsp3) is 0.308. The van der Waals surface area contributed by atoms with Crippen molar-refractivity contribution in [3.8, 4) is 0 Å². The number of nitrogens with one attached hydrogen (secondary N) is 2. The van der Waals surface area contributed by atoms with Crippen molar-refractivity contribution < 1.29 is 4.79 Å². The largest absolute Gasteiger partial charge is 0.357 e. The van der Waals surface area contributed by atoms with Crippen molar-refractivity contribution >= 4 is 22.5 Å². The van der Waals surface area contributed by atoms with Gasteiger partial charge in [0, 0.05) is 22.5 Å². The summed E-state index contributed by atoms with van der Waals surface area (Å²) in [6, 6.07) is 8.08. The minimum atomic E-state index is 0.0968. The van der Waals surface area contributed by atoms with Crippen molar-refractivity contribution in [1.29, 1.82) is 0 Å². The van der Waals surface area contributed by atoms with Crippen LogP contribution in [0.25, 0.3) is 10.9 Å². The fourth-order valence-corrected chi connectivity index (χ4v) is 2.27. The molecule has 2 N–H and O–H groups in total. The van der Waals surface area contributed by atoms with Crippen LogP contribution in [-0.2, 0) is 11.2 Å². The zero-order valence-electron chi connectivity index (χ0n) is 9.21. The van der Waals surface area contributed by atoms with Crippen molar-refractivity contribution in [2.24, 2.45) is 5.92 Å². The molecule has 1 aromatic carbocycles. The summed E-state index contributed by atoms with van der Waals surface area (Å²) in [5.41, 5.74) is 3.23. The summed E-state index contributed by atoms with van der Waals surface area (Å²) in [7, 11) is 0. The maximum absolute atomic E-state index is 11.8. The monoisotopic (exact) mass is 214 g/mol. The fourth-order valence-electron chi connectivity index (χ4n) is 2.27. The molecular weight excluding hydrogens is 200 g/mol. The van der Waals surface area contributed by atoms with E-state index in [1.54, 1.807) is 0 Å². The molecule has 0 bridgehead atoms. The summed E-state index contributed by atoms with van der Waals surface area (Å²) in [4.78, 5) is 15.2. The Kier molecular flexibility index (Phi) is 1.99. The van der Waals surface area contributed by atoms with E-state index in [0.29, 0.717) is 0 Å². The van der Waals surface area contributed by atoms with Crippen LogP contribution in [0.15, 0.2) is 24.3 Å². The second-order valence-corrected chi connectivity index (χ2v) is 4.45. The van der Waals surface area contributed by atoms with E-state index in [4.69, 9.17) is 0 Å². The summed E-state index contributed by atoms with van der Waals surface area (Å²) >= 11 is 0. The first-order valence-corrected chi connectivity index (χ1v) is 5.66. The highest BCUT2D eigenvalue weighted by molar-refractivity contribution is 6.04. The number of rotatable bonds is 0. The Hall–Kier alpha value is -1.77. The Morgan fingerprint density at radius 1 is 1.31 bits per heavy atom. The molecule has 0 saturated heterocycles. The number of aromatic nitrogens is 1. The van der Waals surface area contributed by atoms with Gasteiger partial charge < -0.3 is 10.3 Å². The van der Waals surface area contributed by atoms with Gasteiger partial charge in [0.15, 0.2) is 0 Å². The molecule has 0 saturated carbocycles. The van der Waals surface area contributed by atoms with Gasteiger partial charge in [-0.15, -0.1) is 0 Å². The quantitative estimate of drug-likeness (QED) is 0.695. The maximum atomic E-state index is 11.8. The average Bonchev–Trinajstić information content (AvgIpc) is 2.58. The standard InChI is InChI=1S/C13H14N2O/c1-8-6-7-11-12(15-13(8)16)9-4-2-3-5-10(9)14-11/h2-5,8,14H,6-7H2,1H3,(H,15,16). The van der Waals surface area contributed by atoms with E-state index < -0.39 is 0 Å². The maximum Gasteiger partial charge on any atom is 0.227 e. The van der Waals surface area contributed by atoms with Gasteiger partial charge in [0.2, 0.25) is 5.91 Å². The van der Waals surface area contributed by atoms with Crippen LogP contribution in [0.3, 0.4) is 0 Å². The van der Waals surface area contributed by atoms with Crippen molar-refractivity contribution in [3.63, 3.8) is 0 Å². The van der Waals surface area contributed by atoms with Gasteiger partial charge in [0.05, 0.1) is 5.69 Å². The molecule has 0 radical (unpaired) electrons. The van der Waals surface area contributed by atoms with Crippen molar-refractivity contribution in [3.05, 3.63) is 30.0 Å². The first-order valence-electron chi connectivity index (χ1n) is 5.66. The minimum absolute atomic E-state index is 0.0968. The van der Waals surface area contributed by atoms with E-state index in [0.717, 1.165) is 35.1 Å². The molecule has 3 rings (SSSR count). The van der Waals surface area contributed by atoms with Gasteiger partial charge in [-0.2, -0.15) is 0 Å². The number of carbonyl (C=O) groups is 1. The summed E-state index contributed by atoms with van der Waals surface area (Å²) in [6.07, 6.45) is 1.84. The second kappa shape index (κ2) is 3.37. The Bertz CT molecular complexity index is 556. The predicted molar refractivity (Wildman–Crippen MR) is 64.4 cm³/mol. The number of H-pyrrole nitrogens is 1. The lowest BCUT2D eigenvalue weighted by Crippen LogP contribution is -2.18. The van der Waals surface area contributed by atoms with E-state index >= 15 is 0 Å². The molecular formula is C13H14N2O. The van der Waals surface area contributed by atoms with Crippen LogP contribution in [0.1, 0.15) is 19.0 Å². The van der Waals surface area contributed by atoms with Crippen LogP contribution < -0.4 is 5.32 Å². The number of hydrogen-bond donors (Lipinski definition) is 2. The molecule has 1 unspecified atom stereocenters. The number of anilines is 1. The molecule has 82 valence electrons. The van der Waals surface area contributed by atoms with Gasteiger partial charge in [0.25, 0.3) is 0 Å². The zero-order chi connectivity index (χ0) is 11.1. The normalized spacial score (nSPS) is 20.3. The molecule has 3 heteroatoms. The third-order valence-corrected chi connectivity index (χ3v) is 3.31. The highest BCUT2D eigenvalue weighted by atomic mass is 16.1. The zero-order valence-corrected chi connectivity index (χ0v) is 9.21. The lowest BCUT2D eigenvalue weighted by Gasteiger charge is -2.06. The molecule has 1 atom stereocenters. The number of benzene rings is 1. The third-order valence-electron chi connectivity index (χ3n) is 3.31. The number of aryl methyl sites for hydroxylation is 1. The molecule has 1 aliphatic heterocycles. The van der Waals surface area contributed by atoms with Gasteiger partial charge in [-0.05, 0) is 18.9 Å². The third kappa shape index (κ3) is 1.32. The molecule has 16 heavy (non-hydrogen) atoms. The summed E-state index contributed by atoms with van der Waals surface area (Å²) in [5.74, 6) is 0.225. The van der Waals surface area contributed by atoms with Crippen LogP contribution in [0, 0.1) is 5.92 Å². The summed E-state index contributed by atoms with van der Waals surface area (Å²) in [5, 5.41) is 4.14. The van der Waals surface area contributed by atoms with E-state index in [2.05, 4.69) is 10.3 Å². The Labute approximate surface area is 93.9 Å². The van der Waals surface area contributed by atoms with Crippen molar-refractivity contribution in [2.45, 2.75) is 19.8 Å². The highest BCUT2D eigenvalue weighted by Crippen LogP contribution is 2.31. The second-order valence-electron chi connectivity index (χ2n) is 4.45. The molecule has 1 aliphatic rings. The SMILES string of the molecule is CC1CCc2[nH]c3ccccc3c2NC1=O. The Morgan fingerprint density at radius 3 is 3.00 bits per heavy atom. The molecule has 1 amide bonds. The number of aromatic amines is 1. The van der Waals surface area contributed by atoms with Gasteiger partial charge >= 0.3 is 0 Å². The first kappa shape index (κ1) is 9.46. The molecule has 0 aliphatic carbocycles. The number of hydrogen-bond acceptors (Lipinski definition) is 1. The van der Waals surface area contributed by atoms with Gasteiger partial charge in [0.1, 0.15) is 0 Å². The summed E-state index contributed by atoms with van der Waals surface area (Å²) in [6.45, 7) is 1.98.